The van der Waals surface area contributed by atoms with Crippen molar-refractivity contribution in [2.45, 2.75) is 18.5 Å². The lowest BCUT2D eigenvalue weighted by atomic mass is 10.2. The number of alkyl halides is 3. The number of nitrogens with one attached hydrogen (secondary N) is 1. The molecule has 0 aliphatic rings. The predicted molar refractivity (Wildman–Crippen MR) is 99.3 cm³/mol. The number of ether oxygens (including phenoxy) is 1. The molecule has 1 N–H and O–H groups in total. The zero-order chi connectivity index (χ0) is 20.8. The van der Waals surface area contributed by atoms with Crippen LogP contribution >= 0.6 is 15.9 Å². The van der Waals surface area contributed by atoms with Crippen molar-refractivity contribution in [3.05, 3.63) is 58.2 Å². The summed E-state index contributed by atoms with van der Waals surface area (Å²) in [7, 11) is -3.67. The van der Waals surface area contributed by atoms with Gasteiger partial charge in [0.2, 0.25) is 11.8 Å². The minimum atomic E-state index is -4.49. The van der Waals surface area contributed by atoms with Crippen LogP contribution in [-0.4, -0.2) is 37.8 Å². The maximum atomic E-state index is 12.2. The molecule has 0 aliphatic carbocycles. The van der Waals surface area contributed by atoms with E-state index in [0.717, 1.165) is 4.47 Å². The van der Waals surface area contributed by atoms with Gasteiger partial charge in [-0.2, -0.15) is 13.2 Å². The van der Waals surface area contributed by atoms with Gasteiger partial charge in [-0.05, 0) is 29.3 Å². The Morgan fingerprint density at radius 1 is 1.14 bits per heavy atom. The molecule has 2 rings (SSSR count). The smallest absolute Gasteiger partial charge is 0.422 e. The Bertz CT molecular complexity index is 919. The van der Waals surface area contributed by atoms with Crippen molar-refractivity contribution in [2.75, 3.05) is 12.4 Å². The van der Waals surface area contributed by atoms with Gasteiger partial charge in [0.15, 0.2) is 16.4 Å². The van der Waals surface area contributed by atoms with Crippen LogP contribution in [0.4, 0.5) is 13.2 Å². The first-order chi connectivity index (χ1) is 13.0. The first-order valence-corrected chi connectivity index (χ1v) is 10.5. The third-order valence-electron chi connectivity index (χ3n) is 3.32. The van der Waals surface area contributed by atoms with Crippen LogP contribution in [0.2, 0.25) is 0 Å². The van der Waals surface area contributed by atoms with Gasteiger partial charge in [-0.1, -0.05) is 28.1 Å². The molecule has 0 atom stereocenters. The van der Waals surface area contributed by atoms with E-state index in [1.807, 2.05) is 0 Å². The van der Waals surface area contributed by atoms with Crippen LogP contribution in [0.25, 0.3) is 0 Å². The van der Waals surface area contributed by atoms with Gasteiger partial charge in [0.05, 0.1) is 5.75 Å². The highest BCUT2D eigenvalue weighted by atomic mass is 79.9. The summed E-state index contributed by atoms with van der Waals surface area (Å²) in [5.74, 6) is -1.94. The zero-order valence-electron chi connectivity index (χ0n) is 14.4. The van der Waals surface area contributed by atoms with Crippen molar-refractivity contribution in [1.82, 2.24) is 10.3 Å². The summed E-state index contributed by atoms with van der Waals surface area (Å²) in [6.07, 6.45) is -3.26. The molecule has 0 radical (unpaired) electrons. The first kappa shape index (κ1) is 22.2. The van der Waals surface area contributed by atoms with Gasteiger partial charge in [0, 0.05) is 23.3 Å². The average molecular weight is 481 g/mol. The van der Waals surface area contributed by atoms with Crippen LogP contribution in [0.5, 0.6) is 5.88 Å². The van der Waals surface area contributed by atoms with Crippen molar-refractivity contribution < 1.29 is 31.1 Å². The molecule has 0 aliphatic heterocycles. The third-order valence-corrected chi connectivity index (χ3v) is 5.33. The number of halogens is 4. The van der Waals surface area contributed by atoms with E-state index in [0.29, 0.717) is 11.1 Å². The summed E-state index contributed by atoms with van der Waals surface area (Å²) < 4.78 is 66.1. The van der Waals surface area contributed by atoms with E-state index >= 15 is 0 Å². The highest BCUT2D eigenvalue weighted by molar-refractivity contribution is 9.10. The lowest BCUT2D eigenvalue weighted by Crippen LogP contribution is -2.30. The summed E-state index contributed by atoms with van der Waals surface area (Å²) in [5, 5.41) is 2.42. The van der Waals surface area contributed by atoms with Crippen molar-refractivity contribution in [1.29, 1.82) is 0 Å². The van der Waals surface area contributed by atoms with Crippen molar-refractivity contribution in [3.8, 4) is 5.88 Å². The number of carbonyl (C=O) groups is 1. The molecule has 0 saturated heterocycles. The Balaban J connectivity index is 1.87. The van der Waals surface area contributed by atoms with E-state index < -0.39 is 34.3 Å². The van der Waals surface area contributed by atoms with Crippen LogP contribution in [0.15, 0.2) is 47.1 Å². The Labute approximate surface area is 168 Å². The van der Waals surface area contributed by atoms with Crippen LogP contribution in [0, 0.1) is 0 Å². The van der Waals surface area contributed by atoms with Gasteiger partial charge in [-0.15, -0.1) is 0 Å². The SMILES string of the molecule is O=C(CS(=O)(=O)Cc1ccc(Br)cc1)NCc1ccnc(OCC(F)(F)F)c1. The normalized spacial score (nSPS) is 11.9. The van der Waals surface area contributed by atoms with Gasteiger partial charge in [0.25, 0.3) is 0 Å². The Morgan fingerprint density at radius 3 is 2.46 bits per heavy atom. The Kier molecular flexibility index (Phi) is 7.41. The predicted octanol–water partition coefficient (Wildman–Crippen LogP) is 3.02. The molecule has 1 aromatic carbocycles. The number of benzene rings is 1. The number of amides is 1. The maximum absolute atomic E-state index is 12.2. The zero-order valence-corrected chi connectivity index (χ0v) is 16.8. The van der Waals surface area contributed by atoms with Gasteiger partial charge in [-0.25, -0.2) is 13.4 Å². The standard InChI is InChI=1S/C17H16BrF3N2O4S/c18-14-3-1-12(2-4-14)9-28(25,26)10-15(24)23-8-13-5-6-22-16(7-13)27-11-17(19,20)21/h1-7H,8-11H2,(H,23,24). The summed E-state index contributed by atoms with van der Waals surface area (Å²) in [4.78, 5) is 15.6. The maximum Gasteiger partial charge on any atom is 0.422 e. The molecule has 0 unspecified atom stereocenters. The van der Waals surface area contributed by atoms with Gasteiger partial charge in [0.1, 0.15) is 5.75 Å². The number of hydrogen-bond acceptors (Lipinski definition) is 5. The van der Waals surface area contributed by atoms with E-state index in [1.54, 1.807) is 24.3 Å². The second-order valence-electron chi connectivity index (χ2n) is 5.84. The molecular formula is C17H16BrF3N2O4S. The van der Waals surface area contributed by atoms with E-state index in [2.05, 4.69) is 31.0 Å². The second kappa shape index (κ2) is 9.37. The molecule has 1 amide bonds. The molecule has 28 heavy (non-hydrogen) atoms. The van der Waals surface area contributed by atoms with E-state index in [-0.39, 0.29) is 18.2 Å². The topological polar surface area (TPSA) is 85.4 Å². The van der Waals surface area contributed by atoms with E-state index in [1.165, 1.54) is 18.3 Å². The van der Waals surface area contributed by atoms with Crippen molar-refractivity contribution >= 4 is 31.7 Å². The number of sulfone groups is 1. The number of carbonyl (C=O) groups excluding carboxylic acids is 1. The molecule has 6 nitrogen and oxygen atoms in total. The second-order valence-corrected chi connectivity index (χ2v) is 8.82. The summed E-state index contributed by atoms with van der Waals surface area (Å²) in [6, 6.07) is 9.39. The van der Waals surface area contributed by atoms with Crippen molar-refractivity contribution in [2.24, 2.45) is 0 Å². The monoisotopic (exact) mass is 480 g/mol. The van der Waals surface area contributed by atoms with Gasteiger partial charge < -0.3 is 10.1 Å². The molecule has 152 valence electrons. The average Bonchev–Trinajstić information content (AvgIpc) is 2.59. The van der Waals surface area contributed by atoms with Gasteiger partial charge >= 0.3 is 6.18 Å². The molecule has 0 fully saturated rings. The Morgan fingerprint density at radius 2 is 1.82 bits per heavy atom. The fraction of sp³-hybridized carbons (Fsp3) is 0.294. The minimum Gasteiger partial charge on any atom is -0.468 e. The summed E-state index contributed by atoms with van der Waals surface area (Å²) >= 11 is 3.25. The van der Waals surface area contributed by atoms with Crippen LogP contribution in [0.3, 0.4) is 0 Å². The molecule has 2 aromatic rings. The largest absolute Gasteiger partial charge is 0.468 e. The number of hydrogen-bond donors (Lipinski definition) is 1. The lowest BCUT2D eigenvalue weighted by molar-refractivity contribution is -0.154. The quantitative estimate of drug-likeness (QED) is 0.627. The summed E-state index contributed by atoms with van der Waals surface area (Å²) in [5.41, 5.74) is 0.974. The van der Waals surface area contributed by atoms with Crippen molar-refractivity contribution in [3.63, 3.8) is 0 Å². The fourth-order valence-corrected chi connectivity index (χ4v) is 3.70. The highest BCUT2D eigenvalue weighted by Gasteiger charge is 2.28. The number of rotatable bonds is 8. The number of pyridine rings is 1. The lowest BCUT2D eigenvalue weighted by Gasteiger charge is -2.10. The van der Waals surface area contributed by atoms with Gasteiger partial charge in [-0.3, -0.25) is 4.79 Å². The number of nitrogens with zero attached hydrogens (tertiary/aromatic N) is 1. The molecule has 11 heteroatoms. The van der Waals surface area contributed by atoms with E-state index in [9.17, 15) is 26.4 Å². The molecule has 1 aromatic heterocycles. The van der Waals surface area contributed by atoms with Crippen LogP contribution < -0.4 is 10.1 Å². The fourth-order valence-electron chi connectivity index (χ4n) is 2.13. The first-order valence-electron chi connectivity index (χ1n) is 7.88. The molecule has 0 saturated carbocycles. The molecule has 1 heterocycles. The molecule has 0 bridgehead atoms. The molecule has 0 spiro atoms. The highest BCUT2D eigenvalue weighted by Crippen LogP contribution is 2.17. The minimum absolute atomic E-state index is 0.0719. The summed E-state index contributed by atoms with van der Waals surface area (Å²) in [6.45, 7) is -1.55. The number of aromatic nitrogens is 1. The van der Waals surface area contributed by atoms with E-state index in [4.69, 9.17) is 0 Å². The van der Waals surface area contributed by atoms with Crippen LogP contribution in [-0.2, 0) is 26.9 Å². The molecular weight excluding hydrogens is 465 g/mol. The third kappa shape index (κ3) is 8.26. The van der Waals surface area contributed by atoms with Crippen LogP contribution in [0.1, 0.15) is 11.1 Å². The Hall–Kier alpha value is -2.14.